The second-order valence-corrected chi connectivity index (χ2v) is 5.58. The number of nitrogens with one attached hydrogen (secondary N) is 1. The van der Waals surface area contributed by atoms with Crippen LogP contribution < -0.4 is 5.43 Å². The minimum Gasteiger partial charge on any atom is -0.508 e. The highest BCUT2D eigenvalue weighted by Gasteiger charge is 2.43. The number of phenolic OH excluding ortho intramolecular Hbond substituents is 1. The summed E-state index contributed by atoms with van der Waals surface area (Å²) >= 11 is 0. The number of rotatable bonds is 4. The Morgan fingerprint density at radius 3 is 2.68 bits per heavy atom. The second kappa shape index (κ2) is 6.02. The first-order valence-electron chi connectivity index (χ1n) is 7.33. The van der Waals surface area contributed by atoms with Gasteiger partial charge in [0.2, 0.25) is 5.91 Å². The lowest BCUT2D eigenvalue weighted by Gasteiger charge is -2.03. The summed E-state index contributed by atoms with van der Waals surface area (Å²) in [6.07, 6.45) is 0.872. The summed E-state index contributed by atoms with van der Waals surface area (Å²) in [7, 11) is 0. The van der Waals surface area contributed by atoms with E-state index < -0.39 is 0 Å². The van der Waals surface area contributed by atoms with Crippen molar-refractivity contribution in [1.29, 1.82) is 0 Å². The molecule has 3 rings (SSSR count). The molecule has 0 spiro atoms. The third-order valence-corrected chi connectivity index (χ3v) is 3.95. The van der Waals surface area contributed by atoms with E-state index in [9.17, 15) is 9.90 Å². The van der Waals surface area contributed by atoms with Gasteiger partial charge in [-0.25, -0.2) is 5.43 Å². The number of nitrogens with zero attached hydrogens (tertiary/aromatic N) is 1. The number of hydrogen-bond acceptors (Lipinski definition) is 3. The zero-order valence-electron chi connectivity index (χ0n) is 12.4. The highest BCUT2D eigenvalue weighted by Crippen LogP contribution is 2.47. The maximum atomic E-state index is 12.1. The Kier molecular flexibility index (Phi) is 3.92. The molecule has 0 radical (unpaired) electrons. The van der Waals surface area contributed by atoms with E-state index in [1.807, 2.05) is 24.3 Å². The largest absolute Gasteiger partial charge is 0.508 e. The van der Waals surface area contributed by atoms with Crippen LogP contribution in [0.5, 0.6) is 5.75 Å². The van der Waals surface area contributed by atoms with Crippen LogP contribution in [0.15, 0.2) is 59.7 Å². The van der Waals surface area contributed by atoms with Crippen LogP contribution in [0.3, 0.4) is 0 Å². The zero-order valence-corrected chi connectivity index (χ0v) is 12.4. The highest BCUT2D eigenvalue weighted by molar-refractivity contribution is 5.99. The van der Waals surface area contributed by atoms with Gasteiger partial charge in [0.1, 0.15) is 5.75 Å². The minimum atomic E-state index is -0.0478. The highest BCUT2D eigenvalue weighted by atomic mass is 16.3. The van der Waals surface area contributed by atoms with Crippen molar-refractivity contribution in [3.05, 3.63) is 65.7 Å². The van der Waals surface area contributed by atoms with Gasteiger partial charge in [-0.15, -0.1) is 0 Å². The van der Waals surface area contributed by atoms with Crippen LogP contribution in [0.4, 0.5) is 0 Å². The first-order valence-corrected chi connectivity index (χ1v) is 7.33. The smallest absolute Gasteiger partial charge is 0.243 e. The number of phenols is 1. The molecule has 0 aliphatic heterocycles. The first kappa shape index (κ1) is 14.3. The number of carbonyl (C=O) groups excluding carboxylic acids is 1. The van der Waals surface area contributed by atoms with Gasteiger partial charge in [-0.3, -0.25) is 4.79 Å². The molecule has 112 valence electrons. The monoisotopic (exact) mass is 294 g/mol. The van der Waals surface area contributed by atoms with Gasteiger partial charge in [0, 0.05) is 11.5 Å². The van der Waals surface area contributed by atoms with Crippen molar-refractivity contribution >= 4 is 11.6 Å². The van der Waals surface area contributed by atoms with Crippen LogP contribution in [0, 0.1) is 5.92 Å². The lowest BCUT2D eigenvalue weighted by molar-refractivity contribution is -0.122. The molecule has 2 N–H and O–H groups in total. The van der Waals surface area contributed by atoms with E-state index in [0.717, 1.165) is 12.0 Å². The van der Waals surface area contributed by atoms with E-state index in [1.54, 1.807) is 25.1 Å². The van der Waals surface area contributed by atoms with Crippen LogP contribution in [-0.4, -0.2) is 16.7 Å². The molecule has 1 amide bonds. The predicted octanol–water partition coefficient (Wildman–Crippen LogP) is 3.04. The Balaban J connectivity index is 1.60. The molecule has 0 saturated heterocycles. The van der Waals surface area contributed by atoms with Gasteiger partial charge < -0.3 is 5.11 Å². The van der Waals surface area contributed by atoms with E-state index >= 15 is 0 Å². The number of carbonyl (C=O) groups is 1. The van der Waals surface area contributed by atoms with Crippen molar-refractivity contribution in [2.45, 2.75) is 19.3 Å². The Morgan fingerprint density at radius 2 is 1.95 bits per heavy atom. The van der Waals surface area contributed by atoms with Crippen LogP contribution in [0.25, 0.3) is 0 Å². The minimum absolute atomic E-state index is 0.00289. The third-order valence-electron chi connectivity index (χ3n) is 3.95. The summed E-state index contributed by atoms with van der Waals surface area (Å²) in [5.41, 5.74) is 5.29. The summed E-state index contributed by atoms with van der Waals surface area (Å²) in [5, 5.41) is 13.6. The van der Waals surface area contributed by atoms with E-state index in [1.165, 1.54) is 5.56 Å². The maximum Gasteiger partial charge on any atom is 0.243 e. The fourth-order valence-electron chi connectivity index (χ4n) is 2.57. The molecule has 1 aliphatic carbocycles. The van der Waals surface area contributed by atoms with E-state index in [-0.39, 0.29) is 17.6 Å². The molecule has 2 aromatic rings. The normalized spacial score (nSPS) is 20.5. The molecule has 1 saturated carbocycles. The standard InChI is InChI=1S/C18H18N2O2/c1-12(14-8-5-9-15(21)10-14)19-20-18(22)17-11-16(17)13-6-3-2-4-7-13/h2-10,16-17,21H,11H2,1H3,(H,20,22)/b19-12+/t16-,17+/m0/s1. The molecule has 0 unspecified atom stereocenters. The predicted molar refractivity (Wildman–Crippen MR) is 85.8 cm³/mol. The zero-order chi connectivity index (χ0) is 15.5. The van der Waals surface area contributed by atoms with Crippen molar-refractivity contribution in [2.24, 2.45) is 11.0 Å². The quantitative estimate of drug-likeness (QED) is 0.672. The van der Waals surface area contributed by atoms with Gasteiger partial charge in [-0.2, -0.15) is 5.10 Å². The summed E-state index contributed by atoms with van der Waals surface area (Å²) in [4.78, 5) is 12.1. The number of benzene rings is 2. The SMILES string of the molecule is C/C(=N\NC(=O)[C@@H]1C[C@H]1c1ccccc1)c1cccc(O)c1. The Morgan fingerprint density at radius 1 is 1.18 bits per heavy atom. The third kappa shape index (κ3) is 3.17. The van der Waals surface area contributed by atoms with Gasteiger partial charge in [0.25, 0.3) is 0 Å². The molecule has 4 nitrogen and oxygen atoms in total. The lowest BCUT2D eigenvalue weighted by atomic mass is 10.1. The molecule has 4 heteroatoms. The average molecular weight is 294 g/mol. The van der Waals surface area contributed by atoms with Crippen molar-refractivity contribution in [3.63, 3.8) is 0 Å². The van der Waals surface area contributed by atoms with Gasteiger partial charge in [-0.05, 0) is 37.0 Å². The van der Waals surface area contributed by atoms with Crippen LogP contribution >= 0.6 is 0 Å². The maximum absolute atomic E-state index is 12.1. The van der Waals surface area contributed by atoms with Crippen LogP contribution in [0.2, 0.25) is 0 Å². The Hall–Kier alpha value is -2.62. The number of aromatic hydroxyl groups is 1. The fourth-order valence-corrected chi connectivity index (χ4v) is 2.57. The van der Waals surface area contributed by atoms with Gasteiger partial charge in [-0.1, -0.05) is 42.5 Å². The summed E-state index contributed by atoms with van der Waals surface area (Å²) < 4.78 is 0. The second-order valence-electron chi connectivity index (χ2n) is 5.58. The Labute approximate surface area is 129 Å². The number of amides is 1. The average Bonchev–Trinajstić information content (AvgIpc) is 3.34. The first-order chi connectivity index (χ1) is 10.6. The van der Waals surface area contributed by atoms with Crippen molar-refractivity contribution in [3.8, 4) is 5.75 Å². The van der Waals surface area contributed by atoms with E-state index in [2.05, 4.69) is 22.7 Å². The van der Waals surface area contributed by atoms with E-state index in [4.69, 9.17) is 0 Å². The van der Waals surface area contributed by atoms with E-state index in [0.29, 0.717) is 11.6 Å². The van der Waals surface area contributed by atoms with Crippen LogP contribution in [-0.2, 0) is 4.79 Å². The van der Waals surface area contributed by atoms with Crippen LogP contribution in [0.1, 0.15) is 30.4 Å². The number of hydrogen-bond donors (Lipinski definition) is 2. The molecule has 22 heavy (non-hydrogen) atoms. The van der Waals surface area contributed by atoms with Gasteiger partial charge in [0.15, 0.2) is 0 Å². The van der Waals surface area contributed by atoms with Gasteiger partial charge >= 0.3 is 0 Å². The molecule has 1 aliphatic rings. The summed E-state index contributed by atoms with van der Waals surface area (Å²) in [5.74, 6) is 0.443. The summed E-state index contributed by atoms with van der Waals surface area (Å²) in [6, 6.07) is 16.9. The summed E-state index contributed by atoms with van der Waals surface area (Å²) in [6.45, 7) is 1.80. The molecule has 0 bridgehead atoms. The molecule has 1 fully saturated rings. The molecular weight excluding hydrogens is 276 g/mol. The molecule has 2 atom stereocenters. The van der Waals surface area contributed by atoms with Gasteiger partial charge in [0.05, 0.1) is 5.71 Å². The topological polar surface area (TPSA) is 61.7 Å². The lowest BCUT2D eigenvalue weighted by Crippen LogP contribution is -2.21. The molecule has 2 aromatic carbocycles. The van der Waals surface area contributed by atoms with Crippen molar-refractivity contribution in [2.75, 3.05) is 0 Å². The molecular formula is C18H18N2O2. The van der Waals surface area contributed by atoms with Crippen molar-refractivity contribution in [1.82, 2.24) is 5.43 Å². The fraction of sp³-hybridized carbons (Fsp3) is 0.222. The Bertz CT molecular complexity index is 710. The van der Waals surface area contributed by atoms with Crippen molar-refractivity contribution < 1.29 is 9.90 Å². The molecule has 0 heterocycles. The molecule has 0 aromatic heterocycles. The number of hydrazone groups is 1.